The lowest BCUT2D eigenvalue weighted by atomic mass is 10.2. The van der Waals surface area contributed by atoms with E-state index in [1.165, 1.54) is 32.8 Å². The number of hydrogen-bond acceptors (Lipinski definition) is 18. The van der Waals surface area contributed by atoms with Gasteiger partial charge in [-0.05, 0) is 43.3 Å². The number of nitriles is 1. The maximum Gasteiger partial charge on any atom is 0.294 e. The molecule has 0 fully saturated rings. The van der Waals surface area contributed by atoms with Gasteiger partial charge < -0.3 is 0 Å². The Kier molecular flexibility index (Phi) is 8.59. The van der Waals surface area contributed by atoms with E-state index in [-0.39, 0.29) is 39.0 Å². The van der Waals surface area contributed by atoms with Crippen LogP contribution in [0.5, 0.6) is 0 Å². The summed E-state index contributed by atoms with van der Waals surface area (Å²) in [4.78, 5) is 4.86. The van der Waals surface area contributed by atoms with E-state index in [1.54, 1.807) is 25.1 Å². The van der Waals surface area contributed by atoms with Crippen molar-refractivity contribution in [3.05, 3.63) is 53.9 Å². The maximum absolute atomic E-state index is 11.9. The van der Waals surface area contributed by atoms with Crippen molar-refractivity contribution in [2.75, 3.05) is 0 Å². The highest BCUT2D eigenvalue weighted by molar-refractivity contribution is 7.94. The number of hydrogen-bond donors (Lipinski definition) is 4. The summed E-state index contributed by atoms with van der Waals surface area (Å²) in [5.41, 5.74) is 1.92. The van der Waals surface area contributed by atoms with Gasteiger partial charge in [-0.3, -0.25) is 9.65 Å². The van der Waals surface area contributed by atoms with Crippen LogP contribution in [0.25, 0.3) is 32.4 Å². The standard InChI is InChI=1S/C22H14N10O9S4/c1-10-18(21-28-27-20(32(21)29-10)11-4-14(44-41-39-34)6-15(5-11)45(35,36)37)25-26-19-12(8-23)9-31(30-19)22-24-16-3-2-13(43-40-38-33)7-17(16)42-22/h2-7,9,28,33-34H,1H3,(H,35,36,37)/b26-25+. The number of rotatable bonds is 11. The van der Waals surface area contributed by atoms with Gasteiger partial charge in [0.05, 0.1) is 51.1 Å². The van der Waals surface area contributed by atoms with Crippen LogP contribution in [0.2, 0.25) is 0 Å². The van der Waals surface area contributed by atoms with E-state index < -0.39 is 15.0 Å². The number of azo groups is 1. The summed E-state index contributed by atoms with van der Waals surface area (Å²) < 4.78 is 45.7. The molecule has 0 saturated heterocycles. The molecule has 0 unspecified atom stereocenters. The zero-order valence-corrected chi connectivity index (χ0v) is 25.3. The van der Waals surface area contributed by atoms with Gasteiger partial charge in [0, 0.05) is 15.4 Å². The highest BCUT2D eigenvalue weighted by atomic mass is 32.2. The van der Waals surface area contributed by atoms with Crippen molar-refractivity contribution in [2.45, 2.75) is 21.6 Å². The largest absolute Gasteiger partial charge is 0.294 e. The number of thiazole rings is 1. The Balaban J connectivity index is 1.33. The first-order valence-electron chi connectivity index (χ1n) is 11.9. The second-order valence-corrected chi connectivity index (χ2v) is 12.6. The predicted molar refractivity (Wildman–Crippen MR) is 154 cm³/mol. The molecule has 23 heteroatoms. The summed E-state index contributed by atoms with van der Waals surface area (Å²) in [6.45, 7) is 1.65. The number of benzene rings is 2. The molecule has 0 aliphatic rings. The average molecular weight is 691 g/mol. The van der Waals surface area contributed by atoms with Gasteiger partial charge in [0.25, 0.3) is 10.1 Å². The normalized spacial score (nSPS) is 12.2. The van der Waals surface area contributed by atoms with Crippen molar-refractivity contribution >= 4 is 72.9 Å². The molecule has 4 aromatic heterocycles. The topological polar surface area (TPSA) is 257 Å². The average Bonchev–Trinajstić information content (AvgIpc) is 3.79. The molecule has 0 aliphatic heterocycles. The minimum Gasteiger partial charge on any atom is -0.282 e. The quantitative estimate of drug-likeness (QED) is 0.0446. The summed E-state index contributed by atoms with van der Waals surface area (Å²) in [7, 11) is -4.63. The van der Waals surface area contributed by atoms with Crippen LogP contribution in [-0.2, 0) is 28.9 Å². The zero-order chi connectivity index (χ0) is 31.7. The molecule has 0 bridgehead atoms. The van der Waals surface area contributed by atoms with E-state index in [0.717, 1.165) is 28.9 Å². The van der Waals surface area contributed by atoms with Crippen molar-refractivity contribution in [3.8, 4) is 22.6 Å². The van der Waals surface area contributed by atoms with Gasteiger partial charge in [-0.15, -0.1) is 24.0 Å². The lowest BCUT2D eigenvalue weighted by Gasteiger charge is -2.05. The van der Waals surface area contributed by atoms with E-state index >= 15 is 0 Å². The fraction of sp³-hybridized carbons (Fsp3) is 0.0455. The van der Waals surface area contributed by atoms with Gasteiger partial charge in [0.1, 0.15) is 11.6 Å². The molecule has 6 aromatic rings. The number of H-pyrrole nitrogens is 1. The van der Waals surface area contributed by atoms with Gasteiger partial charge in [-0.2, -0.15) is 28.4 Å². The van der Waals surface area contributed by atoms with Gasteiger partial charge in [-0.25, -0.2) is 20.2 Å². The smallest absolute Gasteiger partial charge is 0.282 e. The molecular formula is C22H14N10O9S4. The highest BCUT2D eigenvalue weighted by Crippen LogP contribution is 2.34. The van der Waals surface area contributed by atoms with Gasteiger partial charge in [0.15, 0.2) is 17.2 Å². The van der Waals surface area contributed by atoms with Crippen molar-refractivity contribution in [3.63, 3.8) is 0 Å². The van der Waals surface area contributed by atoms with E-state index in [1.807, 2.05) is 6.07 Å². The number of aromatic nitrogens is 7. The number of fused-ring (bicyclic) bond motifs is 2. The Bertz CT molecular complexity index is 2240. The molecule has 2 aromatic carbocycles. The SMILES string of the molecule is Cc1nn2c(-c3cc(SOOO)cc(S(=O)(=O)O)c3)n[nH]c2c1/N=N/c1nn(-c2nc3ccc(SOOO)cc3s2)cc1C#N. The molecule has 4 N–H and O–H groups in total. The third kappa shape index (κ3) is 6.28. The van der Waals surface area contributed by atoms with Crippen LogP contribution in [0.1, 0.15) is 11.3 Å². The van der Waals surface area contributed by atoms with Crippen molar-refractivity contribution in [1.82, 2.24) is 34.6 Å². The van der Waals surface area contributed by atoms with Crippen LogP contribution in [0.3, 0.4) is 0 Å². The zero-order valence-electron chi connectivity index (χ0n) is 22.0. The van der Waals surface area contributed by atoms with Crippen LogP contribution >= 0.6 is 35.4 Å². The van der Waals surface area contributed by atoms with E-state index in [0.29, 0.717) is 33.3 Å². The van der Waals surface area contributed by atoms with Crippen LogP contribution in [-0.4, -0.2) is 58.1 Å². The predicted octanol–water partition coefficient (Wildman–Crippen LogP) is 5.22. The molecular weight excluding hydrogens is 677 g/mol. The summed E-state index contributed by atoms with van der Waals surface area (Å²) in [6, 6.07) is 11.0. The number of nitrogens with one attached hydrogen (secondary N) is 1. The molecule has 0 atom stereocenters. The van der Waals surface area contributed by atoms with Gasteiger partial charge in [-0.1, -0.05) is 21.4 Å². The Morgan fingerprint density at radius 2 is 1.84 bits per heavy atom. The molecule has 19 nitrogen and oxygen atoms in total. The highest BCUT2D eigenvalue weighted by Gasteiger charge is 2.21. The first-order valence-corrected chi connectivity index (χ1v) is 15.6. The molecule has 0 spiro atoms. The van der Waals surface area contributed by atoms with Gasteiger partial charge >= 0.3 is 0 Å². The second kappa shape index (κ2) is 12.6. The Morgan fingerprint density at radius 1 is 1.07 bits per heavy atom. The number of nitrogens with zero attached hydrogens (tertiary/aromatic N) is 9. The van der Waals surface area contributed by atoms with E-state index in [4.69, 9.17) is 10.5 Å². The summed E-state index contributed by atoms with van der Waals surface area (Å²) >= 11 is 2.58. The first kappa shape index (κ1) is 30.7. The third-order valence-electron chi connectivity index (χ3n) is 5.86. The molecule has 0 aliphatic carbocycles. The minimum absolute atomic E-state index is 0.00797. The maximum atomic E-state index is 11.9. The molecule has 0 radical (unpaired) electrons. The molecule has 230 valence electrons. The Labute approximate surface area is 262 Å². The number of aryl methyl sites for hydroxylation is 1. The monoisotopic (exact) mass is 690 g/mol. The van der Waals surface area contributed by atoms with Crippen molar-refractivity contribution < 1.29 is 42.2 Å². The second-order valence-electron chi connectivity index (χ2n) is 8.61. The molecule has 4 heterocycles. The number of aromatic amines is 1. The summed E-state index contributed by atoms with van der Waals surface area (Å²) in [5, 5.41) is 58.4. The lowest BCUT2D eigenvalue weighted by molar-refractivity contribution is -0.432. The molecule has 45 heavy (non-hydrogen) atoms. The first-order chi connectivity index (χ1) is 21.7. The van der Waals surface area contributed by atoms with Crippen LogP contribution < -0.4 is 0 Å². The molecule has 0 amide bonds. The van der Waals surface area contributed by atoms with Gasteiger partial charge in [0.2, 0.25) is 10.9 Å². The van der Waals surface area contributed by atoms with Crippen molar-refractivity contribution in [1.29, 1.82) is 5.26 Å². The third-order valence-corrected chi connectivity index (χ3v) is 8.83. The summed E-state index contributed by atoms with van der Waals surface area (Å²) in [6.07, 6.45) is 1.46. The molecule has 0 saturated carbocycles. The molecule has 6 rings (SSSR count). The van der Waals surface area contributed by atoms with Crippen molar-refractivity contribution in [2.24, 2.45) is 10.2 Å². The van der Waals surface area contributed by atoms with Crippen LogP contribution in [0.4, 0.5) is 11.5 Å². The van der Waals surface area contributed by atoms with Crippen LogP contribution in [0.15, 0.2) is 67.5 Å². The summed E-state index contributed by atoms with van der Waals surface area (Å²) in [5.74, 6) is 0.148. The Morgan fingerprint density at radius 3 is 2.58 bits per heavy atom. The minimum atomic E-state index is -4.63. The fourth-order valence-corrected chi connectivity index (χ4v) is 6.49. The lowest BCUT2D eigenvalue weighted by Crippen LogP contribution is -2.00. The van der Waals surface area contributed by atoms with E-state index in [2.05, 4.69) is 54.4 Å². The van der Waals surface area contributed by atoms with Crippen LogP contribution in [0, 0.1) is 18.3 Å². The fourth-order valence-electron chi connectivity index (χ4n) is 3.99. The Hall–Kier alpha value is -4.32. The van der Waals surface area contributed by atoms with E-state index in [9.17, 15) is 18.2 Å².